The molecule has 0 radical (unpaired) electrons. The Kier molecular flexibility index (Phi) is 4.27. The minimum atomic E-state index is 0.0547. The number of aromatic nitrogens is 1. The zero-order valence-corrected chi connectivity index (χ0v) is 16.4. The van der Waals surface area contributed by atoms with Gasteiger partial charge >= 0.3 is 0 Å². The van der Waals surface area contributed by atoms with Crippen molar-refractivity contribution >= 4 is 10.9 Å². The number of para-hydroxylation sites is 2. The summed E-state index contributed by atoms with van der Waals surface area (Å²) in [6.07, 6.45) is 0. The van der Waals surface area contributed by atoms with Gasteiger partial charge in [-0.2, -0.15) is 0 Å². The number of benzene rings is 3. The molecule has 0 bridgehead atoms. The predicted molar refractivity (Wildman–Crippen MR) is 114 cm³/mol. The lowest BCUT2D eigenvalue weighted by Gasteiger charge is -2.25. The molecule has 0 N–H and O–H groups in total. The maximum atomic E-state index is 5.34. The molecule has 2 nitrogen and oxygen atoms in total. The Hall–Kier alpha value is -3.00. The Morgan fingerprint density at radius 1 is 0.778 bits per heavy atom. The van der Waals surface area contributed by atoms with E-state index in [4.69, 9.17) is 4.74 Å². The van der Waals surface area contributed by atoms with Crippen LogP contribution < -0.4 is 4.74 Å². The smallest absolute Gasteiger partial charge is 0.118 e. The minimum Gasteiger partial charge on any atom is -0.497 e. The molecule has 0 fully saturated rings. The summed E-state index contributed by atoms with van der Waals surface area (Å²) in [4.78, 5) is 0. The van der Waals surface area contributed by atoms with E-state index in [9.17, 15) is 0 Å². The second-order valence-electron chi connectivity index (χ2n) is 7.92. The Morgan fingerprint density at radius 2 is 1.44 bits per heavy atom. The number of fused-ring (bicyclic) bond motifs is 1. The van der Waals surface area contributed by atoms with E-state index in [1.54, 1.807) is 7.11 Å². The first kappa shape index (κ1) is 17.4. The van der Waals surface area contributed by atoms with Crippen molar-refractivity contribution in [1.29, 1.82) is 0 Å². The van der Waals surface area contributed by atoms with Gasteiger partial charge < -0.3 is 9.30 Å². The van der Waals surface area contributed by atoms with E-state index in [0.717, 1.165) is 5.75 Å². The summed E-state index contributed by atoms with van der Waals surface area (Å²) >= 11 is 0. The van der Waals surface area contributed by atoms with Crippen LogP contribution in [0, 0.1) is 0 Å². The van der Waals surface area contributed by atoms with Crippen LogP contribution in [0.2, 0.25) is 0 Å². The van der Waals surface area contributed by atoms with Gasteiger partial charge in [0.05, 0.1) is 18.3 Å². The Morgan fingerprint density at radius 3 is 2.15 bits per heavy atom. The van der Waals surface area contributed by atoms with E-state index in [-0.39, 0.29) is 5.41 Å². The first-order chi connectivity index (χ1) is 13.0. The molecule has 0 saturated heterocycles. The summed E-state index contributed by atoms with van der Waals surface area (Å²) in [6, 6.07) is 27.9. The van der Waals surface area contributed by atoms with E-state index in [1.807, 2.05) is 12.1 Å². The summed E-state index contributed by atoms with van der Waals surface area (Å²) in [6.45, 7) is 6.81. The molecule has 0 aliphatic carbocycles. The maximum Gasteiger partial charge on any atom is 0.118 e. The Labute approximate surface area is 161 Å². The van der Waals surface area contributed by atoms with Crippen LogP contribution in [0.3, 0.4) is 0 Å². The van der Waals surface area contributed by atoms with Crippen molar-refractivity contribution < 1.29 is 4.74 Å². The SMILES string of the molecule is COc1ccc(-c2cc3ccccc3n2-c2ccccc2C(C)(C)C)cc1. The van der Waals surface area contributed by atoms with E-state index >= 15 is 0 Å². The zero-order chi connectivity index (χ0) is 19.0. The molecule has 27 heavy (non-hydrogen) atoms. The largest absolute Gasteiger partial charge is 0.497 e. The van der Waals surface area contributed by atoms with Crippen molar-refractivity contribution in [2.75, 3.05) is 7.11 Å². The highest BCUT2D eigenvalue weighted by Gasteiger charge is 2.21. The Balaban J connectivity index is 2.03. The van der Waals surface area contributed by atoms with Crippen LogP contribution in [0.4, 0.5) is 0 Å². The van der Waals surface area contributed by atoms with Gasteiger partial charge in [-0.15, -0.1) is 0 Å². The standard InChI is InChI=1S/C25H25NO/c1-25(2,3)21-10-6-8-12-23(21)26-22-11-7-5-9-19(22)17-24(26)18-13-15-20(27-4)16-14-18/h5-17H,1-4H3. The normalized spacial score (nSPS) is 11.7. The van der Waals surface area contributed by atoms with Gasteiger partial charge in [0.1, 0.15) is 5.75 Å². The number of hydrogen-bond acceptors (Lipinski definition) is 1. The molecule has 0 amide bonds. The van der Waals surface area contributed by atoms with E-state index in [2.05, 4.69) is 92.1 Å². The third kappa shape index (κ3) is 3.12. The van der Waals surface area contributed by atoms with Crippen molar-refractivity contribution in [2.45, 2.75) is 26.2 Å². The molecule has 0 spiro atoms. The molecule has 0 unspecified atom stereocenters. The summed E-state index contributed by atoms with van der Waals surface area (Å²) in [5, 5.41) is 1.24. The summed E-state index contributed by atoms with van der Waals surface area (Å²) in [5.74, 6) is 0.872. The maximum absolute atomic E-state index is 5.34. The first-order valence-corrected chi connectivity index (χ1v) is 9.34. The van der Waals surface area contributed by atoms with Gasteiger partial charge in [0.2, 0.25) is 0 Å². The summed E-state index contributed by atoms with van der Waals surface area (Å²) in [7, 11) is 1.70. The van der Waals surface area contributed by atoms with Gasteiger partial charge in [-0.1, -0.05) is 57.2 Å². The quantitative estimate of drug-likeness (QED) is 0.403. The number of rotatable bonds is 3. The van der Waals surface area contributed by atoms with Crippen LogP contribution >= 0.6 is 0 Å². The topological polar surface area (TPSA) is 14.2 Å². The van der Waals surface area contributed by atoms with E-state index in [0.29, 0.717) is 0 Å². The molecule has 0 atom stereocenters. The lowest BCUT2D eigenvalue weighted by molar-refractivity contribution is 0.415. The van der Waals surface area contributed by atoms with Crippen molar-refractivity contribution in [3.05, 3.63) is 84.4 Å². The average Bonchev–Trinajstić information content (AvgIpc) is 3.07. The first-order valence-electron chi connectivity index (χ1n) is 9.34. The van der Waals surface area contributed by atoms with Gasteiger partial charge in [-0.05, 0) is 59.0 Å². The van der Waals surface area contributed by atoms with Crippen LogP contribution in [-0.2, 0) is 5.41 Å². The second-order valence-corrected chi connectivity index (χ2v) is 7.92. The van der Waals surface area contributed by atoms with E-state index < -0.39 is 0 Å². The molecule has 136 valence electrons. The molecule has 4 aromatic rings. The lowest BCUT2D eigenvalue weighted by atomic mass is 9.85. The van der Waals surface area contributed by atoms with Crippen LogP contribution in [0.15, 0.2) is 78.9 Å². The van der Waals surface area contributed by atoms with Gasteiger partial charge in [0, 0.05) is 11.1 Å². The van der Waals surface area contributed by atoms with Gasteiger partial charge in [-0.3, -0.25) is 0 Å². The fraction of sp³-hybridized carbons (Fsp3) is 0.200. The average molecular weight is 355 g/mol. The third-order valence-corrected chi connectivity index (χ3v) is 5.05. The van der Waals surface area contributed by atoms with E-state index in [1.165, 1.54) is 33.4 Å². The molecular formula is C25H25NO. The molecule has 0 aliphatic rings. The van der Waals surface area contributed by atoms with Crippen molar-refractivity contribution in [3.63, 3.8) is 0 Å². The molecule has 4 rings (SSSR count). The number of hydrogen-bond donors (Lipinski definition) is 0. The fourth-order valence-corrected chi connectivity index (χ4v) is 3.69. The molecule has 3 aromatic carbocycles. The molecule has 1 heterocycles. The number of methoxy groups -OCH3 is 1. The molecule has 1 aromatic heterocycles. The highest BCUT2D eigenvalue weighted by molar-refractivity contribution is 5.89. The lowest BCUT2D eigenvalue weighted by Crippen LogP contribution is -2.15. The van der Waals surface area contributed by atoms with Gasteiger partial charge in [0.15, 0.2) is 0 Å². The predicted octanol–water partition coefficient (Wildman–Crippen LogP) is 6.60. The van der Waals surface area contributed by atoms with Gasteiger partial charge in [0.25, 0.3) is 0 Å². The summed E-state index contributed by atoms with van der Waals surface area (Å²) < 4.78 is 7.72. The van der Waals surface area contributed by atoms with Crippen molar-refractivity contribution in [1.82, 2.24) is 4.57 Å². The molecule has 2 heteroatoms. The minimum absolute atomic E-state index is 0.0547. The number of nitrogens with zero attached hydrogens (tertiary/aromatic N) is 1. The monoisotopic (exact) mass is 355 g/mol. The van der Waals surface area contributed by atoms with Crippen LogP contribution in [0.5, 0.6) is 5.75 Å². The number of ether oxygens (including phenoxy) is 1. The van der Waals surface area contributed by atoms with Crippen LogP contribution in [0.1, 0.15) is 26.3 Å². The van der Waals surface area contributed by atoms with Crippen molar-refractivity contribution in [2.24, 2.45) is 0 Å². The highest BCUT2D eigenvalue weighted by Crippen LogP contribution is 2.36. The molecular weight excluding hydrogens is 330 g/mol. The third-order valence-electron chi connectivity index (χ3n) is 5.05. The van der Waals surface area contributed by atoms with Gasteiger partial charge in [-0.25, -0.2) is 0 Å². The zero-order valence-electron chi connectivity index (χ0n) is 16.4. The molecule has 0 aliphatic heterocycles. The summed E-state index contributed by atoms with van der Waals surface area (Å²) in [5.41, 5.74) is 6.21. The second kappa shape index (κ2) is 6.62. The highest BCUT2D eigenvalue weighted by atomic mass is 16.5. The fourth-order valence-electron chi connectivity index (χ4n) is 3.69. The Bertz CT molecular complexity index is 1080. The van der Waals surface area contributed by atoms with Crippen molar-refractivity contribution in [3.8, 4) is 22.7 Å². The van der Waals surface area contributed by atoms with Crippen LogP contribution in [-0.4, -0.2) is 11.7 Å². The van der Waals surface area contributed by atoms with Crippen LogP contribution in [0.25, 0.3) is 27.8 Å². The molecule has 0 saturated carbocycles.